The van der Waals surface area contributed by atoms with Crippen LogP contribution in [-0.2, 0) is 14.8 Å². The Labute approximate surface area is 120 Å². The Hall–Kier alpha value is -1.15. The van der Waals surface area contributed by atoms with Crippen molar-refractivity contribution in [2.24, 2.45) is 5.73 Å². The zero-order valence-electron chi connectivity index (χ0n) is 11.9. The van der Waals surface area contributed by atoms with E-state index in [0.29, 0.717) is 38.6 Å². The molecule has 0 radical (unpaired) electrons. The van der Waals surface area contributed by atoms with Crippen molar-refractivity contribution >= 4 is 10.0 Å². The number of ether oxygens (including phenoxy) is 2. The molecule has 1 aromatic rings. The van der Waals surface area contributed by atoms with Gasteiger partial charge in [0.15, 0.2) is 0 Å². The highest BCUT2D eigenvalue weighted by Gasteiger charge is 2.22. The second kappa shape index (κ2) is 8.21. The number of benzene rings is 1. The lowest BCUT2D eigenvalue weighted by Crippen LogP contribution is -2.33. The Bertz CT molecular complexity index is 488. The first-order valence-corrected chi connectivity index (χ1v) is 7.92. The average molecular weight is 302 g/mol. The van der Waals surface area contributed by atoms with Crippen molar-refractivity contribution in [2.45, 2.75) is 11.8 Å². The van der Waals surface area contributed by atoms with Gasteiger partial charge in [-0.05, 0) is 24.3 Å². The van der Waals surface area contributed by atoms with Crippen molar-refractivity contribution in [3.05, 3.63) is 24.3 Å². The molecule has 0 saturated heterocycles. The summed E-state index contributed by atoms with van der Waals surface area (Å²) in [5.74, 6) is 0.606. The fourth-order valence-electron chi connectivity index (χ4n) is 1.68. The van der Waals surface area contributed by atoms with Gasteiger partial charge in [-0.2, -0.15) is 4.31 Å². The highest BCUT2D eigenvalue weighted by molar-refractivity contribution is 7.89. The fraction of sp³-hybridized carbons (Fsp3) is 0.538. The van der Waals surface area contributed by atoms with Crippen LogP contribution in [-0.4, -0.2) is 52.7 Å². The summed E-state index contributed by atoms with van der Waals surface area (Å²) in [6.45, 7) is 3.72. The van der Waals surface area contributed by atoms with Gasteiger partial charge in [0.25, 0.3) is 0 Å². The van der Waals surface area contributed by atoms with E-state index < -0.39 is 10.0 Å². The molecule has 0 atom stereocenters. The van der Waals surface area contributed by atoms with Crippen LogP contribution in [0.1, 0.15) is 6.92 Å². The van der Waals surface area contributed by atoms with Crippen LogP contribution in [0, 0.1) is 0 Å². The summed E-state index contributed by atoms with van der Waals surface area (Å²) in [5.41, 5.74) is 5.34. The summed E-state index contributed by atoms with van der Waals surface area (Å²) in [5, 5.41) is 0. The molecule has 0 fully saturated rings. The van der Waals surface area contributed by atoms with E-state index in [2.05, 4.69) is 0 Å². The monoisotopic (exact) mass is 302 g/mol. The van der Waals surface area contributed by atoms with Crippen LogP contribution in [0.3, 0.4) is 0 Å². The molecule has 0 aliphatic carbocycles. The van der Waals surface area contributed by atoms with Crippen LogP contribution >= 0.6 is 0 Å². The summed E-state index contributed by atoms with van der Waals surface area (Å²) < 4.78 is 36.4. The van der Waals surface area contributed by atoms with Gasteiger partial charge in [-0.15, -0.1) is 0 Å². The van der Waals surface area contributed by atoms with Crippen LogP contribution in [0.25, 0.3) is 0 Å². The first-order chi connectivity index (χ1) is 9.56. The molecule has 0 aliphatic heterocycles. The van der Waals surface area contributed by atoms with E-state index in [9.17, 15) is 8.42 Å². The second-order valence-corrected chi connectivity index (χ2v) is 6.04. The third kappa shape index (κ3) is 4.45. The molecule has 1 rings (SSSR count). The maximum atomic E-state index is 12.4. The largest absolute Gasteiger partial charge is 0.492 e. The Morgan fingerprint density at radius 1 is 1.20 bits per heavy atom. The molecule has 6 nitrogen and oxygen atoms in total. The molecule has 0 amide bonds. The number of methoxy groups -OCH3 is 1. The number of hydrogen-bond acceptors (Lipinski definition) is 5. The topological polar surface area (TPSA) is 81.9 Å². The zero-order valence-corrected chi connectivity index (χ0v) is 12.7. The lowest BCUT2D eigenvalue weighted by atomic mass is 10.3. The maximum Gasteiger partial charge on any atom is 0.243 e. The number of rotatable bonds is 9. The van der Waals surface area contributed by atoms with E-state index in [1.807, 2.05) is 0 Å². The maximum absolute atomic E-state index is 12.4. The third-order valence-electron chi connectivity index (χ3n) is 2.75. The van der Waals surface area contributed by atoms with E-state index in [-0.39, 0.29) is 4.90 Å². The molecule has 0 aliphatic rings. The number of nitrogens with zero attached hydrogens (tertiary/aromatic N) is 1. The average Bonchev–Trinajstić information content (AvgIpc) is 2.46. The molecule has 1 aromatic carbocycles. The van der Waals surface area contributed by atoms with Gasteiger partial charge in [-0.1, -0.05) is 6.92 Å². The molecule has 0 aromatic heterocycles. The Balaban J connectivity index is 2.85. The SMILES string of the molecule is CCN(CCOC)S(=O)(=O)c1ccc(OCCN)cc1. The number of likely N-dealkylation sites (N-methyl/N-ethyl adjacent to an activating group) is 1. The van der Waals surface area contributed by atoms with Crippen molar-refractivity contribution in [3.63, 3.8) is 0 Å². The first-order valence-electron chi connectivity index (χ1n) is 6.48. The molecule has 2 N–H and O–H groups in total. The standard InChI is InChI=1S/C13H22N2O4S/c1-3-15(9-11-18-2)20(16,17)13-6-4-12(5-7-13)19-10-8-14/h4-7H,3,8-11,14H2,1-2H3. The molecule has 0 saturated carbocycles. The van der Waals surface area contributed by atoms with Crippen molar-refractivity contribution in [1.82, 2.24) is 4.31 Å². The second-order valence-electron chi connectivity index (χ2n) is 4.10. The van der Waals surface area contributed by atoms with Gasteiger partial charge in [0, 0.05) is 26.7 Å². The highest BCUT2D eigenvalue weighted by Crippen LogP contribution is 2.19. The molecule has 0 heterocycles. The molecule has 0 unspecified atom stereocenters. The summed E-state index contributed by atoms with van der Waals surface area (Å²) in [6.07, 6.45) is 0. The van der Waals surface area contributed by atoms with E-state index in [0.717, 1.165) is 0 Å². The van der Waals surface area contributed by atoms with Crippen LogP contribution in [0.4, 0.5) is 0 Å². The molecule has 20 heavy (non-hydrogen) atoms. The molecule has 114 valence electrons. The quantitative estimate of drug-likeness (QED) is 0.725. The Morgan fingerprint density at radius 3 is 2.35 bits per heavy atom. The normalized spacial score (nSPS) is 11.8. The first kappa shape index (κ1) is 16.9. The van der Waals surface area contributed by atoms with Gasteiger partial charge in [0.1, 0.15) is 12.4 Å². The fourth-order valence-corrected chi connectivity index (χ4v) is 3.11. The summed E-state index contributed by atoms with van der Waals surface area (Å²) in [4.78, 5) is 0.246. The predicted molar refractivity (Wildman–Crippen MR) is 77.3 cm³/mol. The third-order valence-corrected chi connectivity index (χ3v) is 4.73. The molecule has 0 spiro atoms. The van der Waals surface area contributed by atoms with E-state index in [4.69, 9.17) is 15.2 Å². The number of hydrogen-bond donors (Lipinski definition) is 1. The van der Waals surface area contributed by atoms with Crippen molar-refractivity contribution < 1.29 is 17.9 Å². The Morgan fingerprint density at radius 2 is 1.85 bits per heavy atom. The highest BCUT2D eigenvalue weighted by atomic mass is 32.2. The van der Waals surface area contributed by atoms with Crippen LogP contribution < -0.4 is 10.5 Å². The van der Waals surface area contributed by atoms with Gasteiger partial charge >= 0.3 is 0 Å². The van der Waals surface area contributed by atoms with Crippen molar-refractivity contribution in [1.29, 1.82) is 0 Å². The predicted octanol–water partition coefficient (Wildman–Crippen LogP) is 0.681. The summed E-state index contributed by atoms with van der Waals surface area (Å²) >= 11 is 0. The van der Waals surface area contributed by atoms with Crippen LogP contribution in [0.15, 0.2) is 29.2 Å². The van der Waals surface area contributed by atoms with Crippen molar-refractivity contribution in [3.8, 4) is 5.75 Å². The minimum absolute atomic E-state index is 0.246. The van der Waals surface area contributed by atoms with Crippen LogP contribution in [0.5, 0.6) is 5.75 Å². The number of nitrogens with two attached hydrogens (primary N) is 1. The van der Waals surface area contributed by atoms with Gasteiger partial charge < -0.3 is 15.2 Å². The summed E-state index contributed by atoms with van der Waals surface area (Å²) in [7, 11) is -1.94. The van der Waals surface area contributed by atoms with Gasteiger partial charge in [0.2, 0.25) is 10.0 Å². The smallest absolute Gasteiger partial charge is 0.243 e. The van der Waals surface area contributed by atoms with E-state index >= 15 is 0 Å². The lowest BCUT2D eigenvalue weighted by molar-refractivity contribution is 0.180. The van der Waals surface area contributed by atoms with Gasteiger partial charge in [-0.3, -0.25) is 0 Å². The minimum atomic E-state index is -3.49. The zero-order chi connectivity index (χ0) is 15.0. The van der Waals surface area contributed by atoms with E-state index in [1.54, 1.807) is 26.2 Å². The molecule has 7 heteroatoms. The van der Waals surface area contributed by atoms with Gasteiger partial charge in [0.05, 0.1) is 11.5 Å². The summed E-state index contributed by atoms with van der Waals surface area (Å²) in [6, 6.07) is 6.34. The molecular weight excluding hydrogens is 280 g/mol. The minimum Gasteiger partial charge on any atom is -0.492 e. The molecule has 0 bridgehead atoms. The van der Waals surface area contributed by atoms with Crippen molar-refractivity contribution in [2.75, 3.05) is 40.0 Å². The van der Waals surface area contributed by atoms with Gasteiger partial charge in [-0.25, -0.2) is 8.42 Å². The Kier molecular flexibility index (Phi) is 6.94. The number of sulfonamides is 1. The van der Waals surface area contributed by atoms with E-state index in [1.165, 1.54) is 16.4 Å². The lowest BCUT2D eigenvalue weighted by Gasteiger charge is -2.20. The molecular formula is C13H22N2O4S. The van der Waals surface area contributed by atoms with Crippen LogP contribution in [0.2, 0.25) is 0 Å².